The number of hydrogen-bond acceptors (Lipinski definition) is 11. The van der Waals surface area contributed by atoms with E-state index >= 15 is 0 Å². The summed E-state index contributed by atoms with van der Waals surface area (Å²) in [6, 6.07) is 0. The molecule has 9 N–H and O–H groups in total. The Morgan fingerprint density at radius 1 is 0.805 bits per heavy atom. The van der Waals surface area contributed by atoms with Gasteiger partial charge in [0.25, 0.3) is 0 Å². The van der Waals surface area contributed by atoms with Crippen LogP contribution in [0.1, 0.15) is 80.1 Å². The summed E-state index contributed by atoms with van der Waals surface area (Å²) in [6.07, 6.45) is 0.969. The van der Waals surface area contributed by atoms with Crippen molar-refractivity contribution in [3.63, 3.8) is 0 Å². The highest BCUT2D eigenvalue weighted by Crippen LogP contribution is 2.17. The summed E-state index contributed by atoms with van der Waals surface area (Å²) in [7, 11) is 0. The van der Waals surface area contributed by atoms with E-state index in [1.807, 2.05) is 6.92 Å². The summed E-state index contributed by atoms with van der Waals surface area (Å²) in [5.41, 5.74) is 9.80. The van der Waals surface area contributed by atoms with Crippen LogP contribution in [-0.4, -0.2) is 87.5 Å². The van der Waals surface area contributed by atoms with Gasteiger partial charge in [-0.2, -0.15) is 19.9 Å². The molecule has 0 bridgehead atoms. The maximum absolute atomic E-state index is 10.8. The van der Waals surface area contributed by atoms with E-state index < -0.39 is 35.3 Å². The number of amidine groups is 2. The first-order chi connectivity index (χ1) is 18.5. The monoisotopic (exact) mass is 594 g/mol. The predicted octanol–water partition coefficient (Wildman–Crippen LogP) is 2.80. The van der Waals surface area contributed by atoms with Gasteiger partial charge in [0.15, 0.2) is 0 Å². The first kappa shape index (κ1) is 41.5. The van der Waals surface area contributed by atoms with Crippen LogP contribution in [0.25, 0.3) is 0 Å². The molecule has 1 unspecified atom stereocenters. The highest BCUT2D eigenvalue weighted by molar-refractivity contribution is 5.90. The molecule has 0 saturated carbocycles. The number of ether oxygens (including phenoxy) is 1. The zero-order chi connectivity index (χ0) is 31.4. The van der Waals surface area contributed by atoms with Crippen molar-refractivity contribution in [2.45, 2.75) is 91.1 Å². The predicted molar refractivity (Wildman–Crippen MR) is 149 cm³/mol. The third-order valence-corrected chi connectivity index (χ3v) is 5.18. The number of unbranched alkanes of at least 4 members (excludes halogenated alkanes) is 1. The summed E-state index contributed by atoms with van der Waals surface area (Å²) in [5, 5.41) is 33.5. The molecule has 0 fully saturated rings. The number of nitrogens with two attached hydrogens (primary N) is 2. The van der Waals surface area contributed by atoms with Crippen molar-refractivity contribution >= 4 is 35.9 Å². The highest BCUT2D eigenvalue weighted by atomic mass is 17.3. The second-order valence-corrected chi connectivity index (χ2v) is 9.55. The average Bonchev–Trinajstić information content (AvgIpc) is 2.86. The van der Waals surface area contributed by atoms with Gasteiger partial charge in [-0.15, -0.1) is 0 Å². The van der Waals surface area contributed by atoms with Crippen molar-refractivity contribution < 1.29 is 54.5 Å². The van der Waals surface area contributed by atoms with E-state index in [1.165, 1.54) is 0 Å². The molecule has 238 valence electrons. The van der Waals surface area contributed by atoms with Crippen LogP contribution in [0.2, 0.25) is 0 Å². The zero-order valence-electron chi connectivity index (χ0n) is 24.6. The third kappa shape index (κ3) is 22.5. The smallest absolute Gasteiger partial charge is 0.481 e. The van der Waals surface area contributed by atoms with Crippen LogP contribution in [0.4, 0.5) is 9.59 Å². The van der Waals surface area contributed by atoms with Gasteiger partial charge < -0.3 is 37.0 Å². The van der Waals surface area contributed by atoms with E-state index in [0.29, 0.717) is 0 Å². The lowest BCUT2D eigenvalue weighted by Crippen LogP contribution is -2.40. The Bertz CT molecular complexity index is 857. The van der Waals surface area contributed by atoms with Crippen LogP contribution in [0.5, 0.6) is 0 Å². The molecule has 0 aliphatic rings. The maximum atomic E-state index is 10.8. The molecule has 0 saturated heterocycles. The topological polar surface area (TPSA) is 290 Å². The van der Waals surface area contributed by atoms with E-state index in [0.717, 1.165) is 25.7 Å². The molecule has 1 atom stereocenters. The molecule has 0 aliphatic carbocycles. The number of aliphatic imine (C=N–C) groups is 2. The Hall–Kier alpha value is -4.02. The van der Waals surface area contributed by atoms with Crippen molar-refractivity contribution in [2.24, 2.45) is 37.6 Å². The van der Waals surface area contributed by atoms with E-state index in [1.54, 1.807) is 27.7 Å². The first-order valence-electron chi connectivity index (χ1n) is 12.7. The molecular weight excluding hydrogens is 548 g/mol. The normalized spacial score (nSPS) is 12.8. The van der Waals surface area contributed by atoms with Crippen molar-refractivity contribution in [1.29, 1.82) is 0 Å². The van der Waals surface area contributed by atoms with E-state index in [9.17, 15) is 19.2 Å². The lowest BCUT2D eigenvalue weighted by atomic mass is 10.0. The van der Waals surface area contributed by atoms with Crippen molar-refractivity contribution in [2.75, 3.05) is 19.7 Å². The molecule has 0 spiro atoms. The van der Waals surface area contributed by atoms with Crippen LogP contribution in [-0.2, 0) is 24.1 Å². The number of carbonyl (C=O) groups excluding carboxylic acids is 1. The van der Waals surface area contributed by atoms with Gasteiger partial charge in [-0.1, -0.05) is 33.1 Å². The molecule has 0 aromatic heterocycles. The number of carboxylic acid groups (broad SMARTS) is 3. The fraction of sp³-hybridized carbons (Fsp3) is 0.750. The van der Waals surface area contributed by atoms with Crippen LogP contribution >= 0.6 is 0 Å². The Morgan fingerprint density at radius 3 is 1.59 bits per heavy atom. The van der Waals surface area contributed by atoms with Crippen molar-refractivity contribution in [1.82, 2.24) is 0 Å². The number of nitrogens with zero attached hydrogens (tertiary/aromatic N) is 4. The molecule has 17 heteroatoms. The summed E-state index contributed by atoms with van der Waals surface area (Å²) < 4.78 is 4.69. The van der Waals surface area contributed by atoms with Gasteiger partial charge in [0.05, 0.1) is 32.5 Å². The van der Waals surface area contributed by atoms with Gasteiger partial charge in [-0.25, -0.2) is 9.68 Å². The molecule has 0 aromatic rings. The van der Waals surface area contributed by atoms with Crippen LogP contribution in [0.3, 0.4) is 0 Å². The molecule has 0 aromatic carbocycles. The number of hydrogen-bond donors (Lipinski definition) is 5. The largest absolute Gasteiger partial charge is 0.550 e. The standard InChI is InChI=1S/C14H26N6O4.C10H18O6.H2O/c1-13(2,11(15)17-7-5-9(21)22)19-20-14(3,4)12(16)18-8-6-10(23)24;1-3-5-6-8(4-2)7-14-10(13)16-15-9(11)12;/h5-8H2,1-4H3,(H2,15,17)(H2,16,18)(H,21,22)(H,23,24);8H,3-7H2,1-2H3,(H,11,12);1H2. The fourth-order valence-corrected chi connectivity index (χ4v) is 2.46. The lowest BCUT2D eigenvalue weighted by molar-refractivity contribution is -0.214. The number of carboxylic acids is 2. The molecule has 0 amide bonds. The third-order valence-electron chi connectivity index (χ3n) is 5.18. The highest BCUT2D eigenvalue weighted by Gasteiger charge is 2.27. The Balaban J connectivity index is -0.000000742. The van der Waals surface area contributed by atoms with E-state index in [2.05, 4.69) is 36.9 Å². The van der Waals surface area contributed by atoms with Crippen LogP contribution in [0.15, 0.2) is 20.2 Å². The molecule has 0 heterocycles. The summed E-state index contributed by atoms with van der Waals surface area (Å²) in [5.74, 6) is -1.33. The average molecular weight is 595 g/mol. The van der Waals surface area contributed by atoms with Crippen LogP contribution < -0.4 is 11.5 Å². The van der Waals surface area contributed by atoms with Gasteiger partial charge in [0.2, 0.25) is 0 Å². The Morgan fingerprint density at radius 2 is 1.24 bits per heavy atom. The van der Waals surface area contributed by atoms with E-state index in [-0.39, 0.29) is 55.6 Å². The van der Waals surface area contributed by atoms with Crippen molar-refractivity contribution in [3.8, 4) is 0 Å². The molecule has 17 nitrogen and oxygen atoms in total. The van der Waals surface area contributed by atoms with Gasteiger partial charge >= 0.3 is 24.2 Å². The second-order valence-electron chi connectivity index (χ2n) is 9.55. The number of azo groups is 1. The Kier molecular flexibility index (Phi) is 22.0. The minimum Gasteiger partial charge on any atom is -0.481 e. The summed E-state index contributed by atoms with van der Waals surface area (Å²) >= 11 is 0. The van der Waals surface area contributed by atoms with Crippen LogP contribution in [0, 0.1) is 5.92 Å². The molecule has 0 radical (unpaired) electrons. The lowest BCUT2D eigenvalue weighted by Gasteiger charge is -2.22. The minimum atomic E-state index is -1.69. The number of carbonyl (C=O) groups is 4. The Labute approximate surface area is 239 Å². The van der Waals surface area contributed by atoms with E-state index in [4.69, 9.17) is 31.5 Å². The fourth-order valence-electron chi connectivity index (χ4n) is 2.46. The molecule has 41 heavy (non-hydrogen) atoms. The molecule has 0 rings (SSSR count). The summed E-state index contributed by atoms with van der Waals surface area (Å²) in [4.78, 5) is 57.0. The summed E-state index contributed by atoms with van der Waals surface area (Å²) in [6.45, 7) is 11.2. The zero-order valence-corrected chi connectivity index (χ0v) is 24.6. The maximum Gasteiger partial charge on any atom is 0.550 e. The van der Waals surface area contributed by atoms with Gasteiger partial charge in [-0.05, 0) is 40.0 Å². The van der Waals surface area contributed by atoms with Gasteiger partial charge in [0.1, 0.15) is 22.7 Å². The molecule has 0 aliphatic heterocycles. The number of rotatable bonds is 16. The second kappa shape index (κ2) is 21.8. The SMILES string of the molecule is CC(C)(N=NC(C)(C)C(N)=NCCC(=O)O)C(N)=NCCC(=O)O.CCCCC(CC)COC(=O)OOC(=O)O.O. The van der Waals surface area contributed by atoms with Gasteiger partial charge in [0, 0.05) is 0 Å². The minimum absolute atomic E-state index is 0. The number of aliphatic carboxylic acids is 2. The van der Waals surface area contributed by atoms with Gasteiger partial charge in [-0.3, -0.25) is 19.6 Å². The molecular formula is C24H46N6O11. The van der Waals surface area contributed by atoms with Crippen molar-refractivity contribution in [3.05, 3.63) is 0 Å². The quantitative estimate of drug-likeness (QED) is 0.0430. The first-order valence-corrected chi connectivity index (χ1v) is 12.7.